The number of esters is 1. The van der Waals surface area contributed by atoms with Gasteiger partial charge in [0.15, 0.2) is 5.66 Å². The van der Waals surface area contributed by atoms with Crippen LogP contribution in [0, 0.1) is 0 Å². The first-order chi connectivity index (χ1) is 13.6. The van der Waals surface area contributed by atoms with Crippen LogP contribution in [0.15, 0.2) is 5.57 Å². The van der Waals surface area contributed by atoms with E-state index in [4.69, 9.17) is 16.2 Å². The number of rotatable bonds is 17. The second-order valence-electron chi connectivity index (χ2n) is 9.30. The molecule has 0 heterocycles. The molecule has 5 heteroatoms. The van der Waals surface area contributed by atoms with Crippen molar-refractivity contribution in [2.45, 2.75) is 135 Å². The Labute approximate surface area is 179 Å². The van der Waals surface area contributed by atoms with Gasteiger partial charge in [-0.15, -0.1) is 0 Å². The van der Waals surface area contributed by atoms with Crippen molar-refractivity contribution >= 4 is 11.9 Å². The third-order valence-electron chi connectivity index (χ3n) is 5.14. The molecule has 4 N–H and O–H groups in total. The van der Waals surface area contributed by atoms with E-state index in [-0.39, 0.29) is 5.57 Å². The number of carbonyl (C=O) groups excluding carboxylic acids is 2. The summed E-state index contributed by atoms with van der Waals surface area (Å²) in [7, 11) is 0. The van der Waals surface area contributed by atoms with Crippen molar-refractivity contribution in [3.8, 4) is 0 Å². The van der Waals surface area contributed by atoms with Gasteiger partial charge in [0.2, 0.25) is 0 Å². The van der Waals surface area contributed by atoms with E-state index in [0.29, 0.717) is 6.42 Å². The Morgan fingerprint density at radius 1 is 0.759 bits per heavy atom. The molecule has 0 aliphatic carbocycles. The third-order valence-corrected chi connectivity index (χ3v) is 5.14. The average molecular weight is 411 g/mol. The molecule has 5 nitrogen and oxygen atoms in total. The van der Waals surface area contributed by atoms with Crippen molar-refractivity contribution in [3.05, 3.63) is 5.57 Å². The monoisotopic (exact) mass is 410 g/mol. The molecule has 0 aromatic heterocycles. The molecule has 0 aliphatic rings. The lowest BCUT2D eigenvalue weighted by atomic mass is 9.96. The number of nitrogens with two attached hydrogens (primary N) is 2. The van der Waals surface area contributed by atoms with Gasteiger partial charge >= 0.3 is 5.97 Å². The van der Waals surface area contributed by atoms with E-state index in [1.807, 2.05) is 0 Å². The Morgan fingerprint density at radius 3 is 1.48 bits per heavy atom. The van der Waals surface area contributed by atoms with Crippen molar-refractivity contribution in [3.63, 3.8) is 0 Å². The fraction of sp³-hybridized carbons (Fsp3) is 0.875. The molecule has 0 radical (unpaired) electrons. The smallest absolute Gasteiger partial charge is 0.346 e. The lowest BCUT2D eigenvalue weighted by Gasteiger charge is -2.28. The van der Waals surface area contributed by atoms with Crippen LogP contribution < -0.4 is 11.5 Å². The van der Waals surface area contributed by atoms with E-state index in [2.05, 4.69) is 6.92 Å². The van der Waals surface area contributed by atoms with E-state index >= 15 is 0 Å². The molecular formula is C24H46N2O3. The van der Waals surface area contributed by atoms with Crippen LogP contribution in [0.25, 0.3) is 0 Å². The van der Waals surface area contributed by atoms with E-state index < -0.39 is 17.2 Å². The molecule has 0 rings (SSSR count). The van der Waals surface area contributed by atoms with Crippen LogP contribution in [-0.4, -0.2) is 23.2 Å². The van der Waals surface area contributed by atoms with Crippen molar-refractivity contribution < 1.29 is 14.3 Å². The number of unbranched alkanes of at least 4 members (excludes halogenated alkanes) is 13. The topological polar surface area (TPSA) is 95.4 Å². The van der Waals surface area contributed by atoms with Crippen LogP contribution >= 0.6 is 0 Å². The number of ether oxygens (including phenoxy) is 1. The molecule has 0 amide bonds. The maximum absolute atomic E-state index is 12.2. The zero-order valence-electron chi connectivity index (χ0n) is 19.5. The Balaban J connectivity index is 3.80. The molecule has 0 bridgehead atoms. The van der Waals surface area contributed by atoms with Gasteiger partial charge in [0.1, 0.15) is 11.5 Å². The van der Waals surface area contributed by atoms with Gasteiger partial charge in [-0.3, -0.25) is 11.5 Å². The molecule has 29 heavy (non-hydrogen) atoms. The van der Waals surface area contributed by atoms with Crippen LogP contribution in [0.4, 0.5) is 0 Å². The number of hydrogen-bond acceptors (Lipinski definition) is 5. The molecule has 0 saturated heterocycles. The summed E-state index contributed by atoms with van der Waals surface area (Å²) in [6.45, 7) is 7.46. The molecule has 0 spiro atoms. The summed E-state index contributed by atoms with van der Waals surface area (Å²) in [5.74, 6) is 0.988. The molecular weight excluding hydrogens is 364 g/mol. The second kappa shape index (κ2) is 15.6. The summed E-state index contributed by atoms with van der Waals surface area (Å²) in [5.41, 5.74) is 9.25. The standard InChI is InChI=1S/C24H46N2O3/c1-5-6-7-8-9-10-11-12-13-14-15-16-17-18-19-21(20-27)24(25,26)22(28)29-23(2,3)4/h5-19,25-26H2,1-4H3. The van der Waals surface area contributed by atoms with Gasteiger partial charge in [-0.25, -0.2) is 9.59 Å². The summed E-state index contributed by atoms with van der Waals surface area (Å²) >= 11 is 0. The molecule has 0 saturated carbocycles. The number of carbonyl (C=O) groups is 1. The molecule has 0 unspecified atom stereocenters. The normalized spacial score (nSPS) is 11.9. The molecule has 0 aromatic carbocycles. The second-order valence-corrected chi connectivity index (χ2v) is 9.30. The van der Waals surface area contributed by atoms with Gasteiger partial charge in [-0.1, -0.05) is 90.4 Å². The van der Waals surface area contributed by atoms with Crippen LogP contribution in [-0.2, 0) is 14.3 Å². The van der Waals surface area contributed by atoms with E-state index in [1.165, 1.54) is 70.6 Å². The van der Waals surface area contributed by atoms with Crippen LogP contribution in [0.3, 0.4) is 0 Å². The van der Waals surface area contributed by atoms with Gasteiger partial charge in [0, 0.05) is 0 Å². The average Bonchev–Trinajstić information content (AvgIpc) is 2.63. The molecule has 170 valence electrons. The van der Waals surface area contributed by atoms with Crippen LogP contribution in [0.5, 0.6) is 0 Å². The highest BCUT2D eigenvalue weighted by Crippen LogP contribution is 2.20. The highest BCUT2D eigenvalue weighted by molar-refractivity contribution is 5.87. The quantitative estimate of drug-likeness (QED) is 0.141. The minimum absolute atomic E-state index is 0.0886. The summed E-state index contributed by atoms with van der Waals surface area (Å²) in [6.07, 6.45) is 18.0. The molecule has 0 aromatic rings. The van der Waals surface area contributed by atoms with E-state index in [9.17, 15) is 9.59 Å². The molecule has 0 fully saturated rings. The first-order valence-electron chi connectivity index (χ1n) is 11.7. The van der Waals surface area contributed by atoms with Crippen molar-refractivity contribution in [2.24, 2.45) is 11.5 Å². The molecule has 0 aliphatic heterocycles. The minimum atomic E-state index is -1.90. The molecule has 0 atom stereocenters. The van der Waals surface area contributed by atoms with Gasteiger partial charge in [0.25, 0.3) is 0 Å². The Bertz CT molecular complexity index is 489. The Kier molecular flexibility index (Phi) is 15.0. The first kappa shape index (κ1) is 27.8. The first-order valence-corrected chi connectivity index (χ1v) is 11.7. The maximum atomic E-state index is 12.2. The predicted octanol–water partition coefficient (Wildman–Crippen LogP) is 5.57. The highest BCUT2D eigenvalue weighted by atomic mass is 16.6. The van der Waals surface area contributed by atoms with Gasteiger partial charge < -0.3 is 4.74 Å². The van der Waals surface area contributed by atoms with Gasteiger partial charge in [-0.05, 0) is 33.6 Å². The lowest BCUT2D eigenvalue weighted by Crippen LogP contribution is -2.60. The fourth-order valence-corrected chi connectivity index (χ4v) is 3.32. The summed E-state index contributed by atoms with van der Waals surface area (Å²) < 4.78 is 5.22. The van der Waals surface area contributed by atoms with Crippen molar-refractivity contribution in [2.75, 3.05) is 0 Å². The lowest BCUT2D eigenvalue weighted by molar-refractivity contribution is -0.159. The predicted molar refractivity (Wildman–Crippen MR) is 121 cm³/mol. The summed E-state index contributed by atoms with van der Waals surface area (Å²) in [6, 6.07) is 0. The van der Waals surface area contributed by atoms with Crippen molar-refractivity contribution in [1.82, 2.24) is 0 Å². The van der Waals surface area contributed by atoms with E-state index in [1.54, 1.807) is 26.7 Å². The third kappa shape index (κ3) is 14.5. The van der Waals surface area contributed by atoms with E-state index in [0.717, 1.165) is 19.3 Å². The summed E-state index contributed by atoms with van der Waals surface area (Å²) in [4.78, 5) is 23.4. The van der Waals surface area contributed by atoms with Crippen molar-refractivity contribution in [1.29, 1.82) is 0 Å². The van der Waals surface area contributed by atoms with Crippen LogP contribution in [0.2, 0.25) is 0 Å². The zero-order chi connectivity index (χ0) is 22.2. The maximum Gasteiger partial charge on any atom is 0.346 e. The Hall–Kier alpha value is -1.16. The fourth-order valence-electron chi connectivity index (χ4n) is 3.32. The Morgan fingerprint density at radius 2 is 1.14 bits per heavy atom. The minimum Gasteiger partial charge on any atom is -0.457 e. The SMILES string of the molecule is CCCCCCCCCCCCCCCCC(=C=O)C(N)(N)C(=O)OC(C)(C)C. The number of hydrogen-bond donors (Lipinski definition) is 2. The van der Waals surface area contributed by atoms with Crippen LogP contribution in [0.1, 0.15) is 124 Å². The highest BCUT2D eigenvalue weighted by Gasteiger charge is 2.38. The van der Waals surface area contributed by atoms with Gasteiger partial charge in [-0.2, -0.15) is 0 Å². The summed E-state index contributed by atoms with van der Waals surface area (Å²) in [5, 5.41) is 0. The van der Waals surface area contributed by atoms with Gasteiger partial charge in [0.05, 0.1) is 5.57 Å². The zero-order valence-corrected chi connectivity index (χ0v) is 19.5. The largest absolute Gasteiger partial charge is 0.457 e.